The second kappa shape index (κ2) is 9.55. The molecule has 1 N–H and O–H groups in total. The molecule has 2 heterocycles. The molecule has 4 rings (SSSR count). The van der Waals surface area contributed by atoms with Crippen LogP contribution in [0, 0.1) is 0 Å². The van der Waals surface area contributed by atoms with E-state index in [9.17, 15) is 4.79 Å². The Balaban J connectivity index is 1.32. The predicted molar refractivity (Wildman–Crippen MR) is 118 cm³/mol. The van der Waals surface area contributed by atoms with Crippen LogP contribution in [0.4, 0.5) is 0 Å². The summed E-state index contributed by atoms with van der Waals surface area (Å²) in [5.74, 6) is 0.679. The van der Waals surface area contributed by atoms with Gasteiger partial charge in [0.15, 0.2) is 0 Å². The van der Waals surface area contributed by atoms with Crippen LogP contribution in [0.2, 0.25) is 0 Å². The minimum Gasteiger partial charge on any atom is -0.490 e. The maximum absolute atomic E-state index is 12.5. The summed E-state index contributed by atoms with van der Waals surface area (Å²) in [6, 6.07) is 21.6. The molecule has 3 aromatic rings. The van der Waals surface area contributed by atoms with E-state index in [1.807, 2.05) is 60.7 Å². The Hall–Kier alpha value is -3.18. The van der Waals surface area contributed by atoms with Gasteiger partial charge in [0.2, 0.25) is 0 Å². The molecule has 5 nitrogen and oxygen atoms in total. The van der Waals surface area contributed by atoms with Gasteiger partial charge in [0.1, 0.15) is 17.5 Å². The highest BCUT2D eigenvalue weighted by molar-refractivity contribution is 5.92. The van der Waals surface area contributed by atoms with Crippen LogP contribution in [-0.4, -0.2) is 42.0 Å². The van der Waals surface area contributed by atoms with Crippen molar-refractivity contribution in [3.8, 4) is 16.9 Å². The second-order valence-electron chi connectivity index (χ2n) is 7.75. The van der Waals surface area contributed by atoms with E-state index in [1.54, 1.807) is 12.3 Å². The Kier molecular flexibility index (Phi) is 6.40. The van der Waals surface area contributed by atoms with Crippen molar-refractivity contribution in [2.75, 3.05) is 20.1 Å². The largest absolute Gasteiger partial charge is 0.490 e. The van der Waals surface area contributed by atoms with Crippen molar-refractivity contribution in [1.82, 2.24) is 15.2 Å². The average Bonchev–Trinajstić information content (AvgIpc) is 2.80. The molecule has 0 saturated carbocycles. The number of aromatic nitrogens is 1. The Morgan fingerprint density at radius 2 is 1.83 bits per heavy atom. The Morgan fingerprint density at radius 1 is 1.03 bits per heavy atom. The van der Waals surface area contributed by atoms with Gasteiger partial charge in [-0.1, -0.05) is 48.5 Å². The van der Waals surface area contributed by atoms with Crippen LogP contribution in [0.5, 0.6) is 5.75 Å². The molecule has 0 bridgehead atoms. The summed E-state index contributed by atoms with van der Waals surface area (Å²) in [4.78, 5) is 19.1. The highest BCUT2D eigenvalue weighted by Gasteiger charge is 2.18. The van der Waals surface area contributed by atoms with Gasteiger partial charge in [-0.2, -0.15) is 0 Å². The van der Waals surface area contributed by atoms with E-state index >= 15 is 0 Å². The number of hydrogen-bond donors (Lipinski definition) is 1. The zero-order valence-electron chi connectivity index (χ0n) is 17.3. The molecule has 30 heavy (non-hydrogen) atoms. The normalized spacial score (nSPS) is 15.0. The Bertz CT molecular complexity index is 965. The quantitative estimate of drug-likeness (QED) is 0.674. The SMILES string of the molecule is CN1CCC(Oc2cccc(CNC(=O)c3ccc(-c4ccccc4)cn3)c2)CC1. The van der Waals surface area contributed by atoms with Crippen molar-refractivity contribution in [2.24, 2.45) is 0 Å². The maximum atomic E-state index is 12.5. The second-order valence-corrected chi connectivity index (χ2v) is 7.75. The van der Waals surface area contributed by atoms with Crippen LogP contribution < -0.4 is 10.1 Å². The maximum Gasteiger partial charge on any atom is 0.270 e. The average molecular weight is 402 g/mol. The zero-order chi connectivity index (χ0) is 20.8. The number of amides is 1. The fraction of sp³-hybridized carbons (Fsp3) is 0.280. The summed E-state index contributed by atoms with van der Waals surface area (Å²) in [7, 11) is 2.14. The van der Waals surface area contributed by atoms with Crippen LogP contribution >= 0.6 is 0 Å². The number of carbonyl (C=O) groups is 1. The molecule has 1 saturated heterocycles. The number of ether oxygens (including phenoxy) is 1. The highest BCUT2D eigenvalue weighted by Crippen LogP contribution is 2.20. The molecule has 1 aromatic heterocycles. The molecule has 154 valence electrons. The van der Waals surface area contributed by atoms with Gasteiger partial charge in [-0.05, 0) is 49.2 Å². The topological polar surface area (TPSA) is 54.5 Å². The van der Waals surface area contributed by atoms with E-state index in [1.165, 1.54) is 0 Å². The molecule has 0 atom stereocenters. The first-order valence-electron chi connectivity index (χ1n) is 10.4. The Morgan fingerprint density at radius 3 is 2.57 bits per heavy atom. The lowest BCUT2D eigenvalue weighted by Gasteiger charge is -2.29. The van der Waals surface area contributed by atoms with Crippen LogP contribution in [0.25, 0.3) is 11.1 Å². The molecule has 1 fully saturated rings. The number of hydrogen-bond acceptors (Lipinski definition) is 4. The van der Waals surface area contributed by atoms with Crippen LogP contribution in [0.1, 0.15) is 28.9 Å². The third kappa shape index (κ3) is 5.24. The number of piperidine rings is 1. The van der Waals surface area contributed by atoms with Crippen LogP contribution in [-0.2, 0) is 6.54 Å². The van der Waals surface area contributed by atoms with Gasteiger partial charge in [-0.3, -0.25) is 9.78 Å². The van der Waals surface area contributed by atoms with E-state index in [4.69, 9.17) is 4.74 Å². The lowest BCUT2D eigenvalue weighted by Crippen LogP contribution is -2.35. The third-order valence-electron chi connectivity index (χ3n) is 5.42. The van der Waals surface area contributed by atoms with E-state index in [2.05, 4.69) is 22.2 Å². The van der Waals surface area contributed by atoms with Gasteiger partial charge in [-0.25, -0.2) is 0 Å². The molecular weight excluding hydrogens is 374 g/mol. The number of nitrogens with zero attached hydrogens (tertiary/aromatic N) is 2. The van der Waals surface area contributed by atoms with E-state index in [-0.39, 0.29) is 12.0 Å². The van der Waals surface area contributed by atoms with Crippen molar-refractivity contribution in [2.45, 2.75) is 25.5 Å². The first kappa shape index (κ1) is 20.1. The summed E-state index contributed by atoms with van der Waals surface area (Å²) >= 11 is 0. The summed E-state index contributed by atoms with van der Waals surface area (Å²) < 4.78 is 6.14. The summed E-state index contributed by atoms with van der Waals surface area (Å²) in [5.41, 5.74) is 3.49. The van der Waals surface area contributed by atoms with Gasteiger partial charge in [0.25, 0.3) is 5.91 Å². The fourth-order valence-electron chi connectivity index (χ4n) is 3.63. The fourth-order valence-corrected chi connectivity index (χ4v) is 3.63. The lowest BCUT2D eigenvalue weighted by molar-refractivity contribution is 0.0945. The number of benzene rings is 2. The molecule has 0 spiro atoms. The van der Waals surface area contributed by atoms with E-state index in [0.717, 1.165) is 48.4 Å². The van der Waals surface area contributed by atoms with Gasteiger partial charge in [0.05, 0.1) is 0 Å². The molecule has 5 heteroatoms. The van der Waals surface area contributed by atoms with Gasteiger partial charge >= 0.3 is 0 Å². The van der Waals surface area contributed by atoms with Gasteiger partial charge in [-0.15, -0.1) is 0 Å². The molecule has 0 radical (unpaired) electrons. The third-order valence-corrected chi connectivity index (χ3v) is 5.42. The van der Waals surface area contributed by atoms with Crippen LogP contribution in [0.3, 0.4) is 0 Å². The summed E-state index contributed by atoms with van der Waals surface area (Å²) in [6.07, 6.45) is 4.09. The van der Waals surface area contributed by atoms with Crippen molar-refractivity contribution >= 4 is 5.91 Å². The minimum absolute atomic E-state index is 0.184. The smallest absolute Gasteiger partial charge is 0.270 e. The highest BCUT2D eigenvalue weighted by atomic mass is 16.5. The van der Waals surface area contributed by atoms with E-state index in [0.29, 0.717) is 12.2 Å². The van der Waals surface area contributed by atoms with E-state index < -0.39 is 0 Å². The number of nitrogens with one attached hydrogen (secondary N) is 1. The van der Waals surface area contributed by atoms with Crippen molar-refractivity contribution in [1.29, 1.82) is 0 Å². The van der Waals surface area contributed by atoms with Crippen molar-refractivity contribution < 1.29 is 9.53 Å². The standard InChI is InChI=1S/C25H27N3O2/c1-28-14-12-22(13-15-28)30-23-9-5-6-19(16-23)17-27-25(29)24-11-10-21(18-26-24)20-7-3-2-4-8-20/h2-11,16,18,22H,12-15,17H2,1H3,(H,27,29). The monoisotopic (exact) mass is 401 g/mol. The number of carbonyl (C=O) groups excluding carboxylic acids is 1. The molecule has 2 aromatic carbocycles. The predicted octanol–water partition coefficient (Wildman–Crippen LogP) is 4.15. The zero-order valence-corrected chi connectivity index (χ0v) is 17.3. The first-order chi connectivity index (χ1) is 14.7. The number of pyridine rings is 1. The molecule has 1 aliphatic rings. The van der Waals surface area contributed by atoms with Crippen molar-refractivity contribution in [3.63, 3.8) is 0 Å². The summed E-state index contributed by atoms with van der Waals surface area (Å²) in [5, 5.41) is 2.95. The Labute approximate surface area is 177 Å². The molecule has 1 aliphatic heterocycles. The molecular formula is C25H27N3O2. The van der Waals surface area contributed by atoms with Gasteiger partial charge in [0, 0.05) is 31.4 Å². The lowest BCUT2D eigenvalue weighted by atomic mass is 10.1. The number of likely N-dealkylation sites (tertiary alicyclic amines) is 1. The van der Waals surface area contributed by atoms with Crippen LogP contribution in [0.15, 0.2) is 72.9 Å². The molecule has 0 aliphatic carbocycles. The molecule has 1 amide bonds. The first-order valence-corrected chi connectivity index (χ1v) is 10.4. The number of rotatable bonds is 6. The summed E-state index contributed by atoms with van der Waals surface area (Å²) in [6.45, 7) is 2.57. The van der Waals surface area contributed by atoms with Crippen molar-refractivity contribution in [3.05, 3.63) is 84.2 Å². The van der Waals surface area contributed by atoms with Gasteiger partial charge < -0.3 is 15.0 Å². The molecule has 0 unspecified atom stereocenters. The minimum atomic E-state index is -0.184.